The summed E-state index contributed by atoms with van der Waals surface area (Å²) in [7, 11) is 1.61. The zero-order chi connectivity index (χ0) is 14.8. The lowest BCUT2D eigenvalue weighted by molar-refractivity contribution is 0.103. The maximum Gasteiger partial charge on any atom is 0.196 e. The second kappa shape index (κ2) is 5.72. The van der Waals surface area contributed by atoms with Gasteiger partial charge in [-0.3, -0.25) is 4.79 Å². The van der Waals surface area contributed by atoms with Crippen LogP contribution in [-0.2, 0) is 12.8 Å². The Morgan fingerprint density at radius 1 is 1.00 bits per heavy atom. The molecule has 0 saturated carbocycles. The van der Waals surface area contributed by atoms with Crippen LogP contribution in [-0.4, -0.2) is 12.9 Å². The Balaban J connectivity index is 2.00. The predicted octanol–water partition coefficient (Wildman–Crippen LogP) is 4.11. The Kier molecular flexibility index (Phi) is 3.78. The number of aryl methyl sites for hydroxylation is 3. The fraction of sp³-hybridized carbons (Fsp3) is 0.316. The summed E-state index contributed by atoms with van der Waals surface area (Å²) in [4.78, 5) is 12.8. The number of carbonyl (C=O) groups excluding carboxylic acids is 1. The van der Waals surface area contributed by atoms with Crippen LogP contribution in [0.15, 0.2) is 36.4 Å². The number of fused-ring (bicyclic) bond motifs is 1. The van der Waals surface area contributed by atoms with Gasteiger partial charge >= 0.3 is 0 Å². The van der Waals surface area contributed by atoms with Gasteiger partial charge < -0.3 is 4.74 Å². The van der Waals surface area contributed by atoms with Gasteiger partial charge in [-0.25, -0.2) is 0 Å². The molecule has 21 heavy (non-hydrogen) atoms. The van der Waals surface area contributed by atoms with Crippen LogP contribution < -0.4 is 4.74 Å². The van der Waals surface area contributed by atoms with Gasteiger partial charge in [-0.15, -0.1) is 0 Å². The maximum absolute atomic E-state index is 12.8. The van der Waals surface area contributed by atoms with Crippen LogP contribution in [0.25, 0.3) is 0 Å². The van der Waals surface area contributed by atoms with Crippen molar-refractivity contribution in [3.8, 4) is 5.75 Å². The molecule has 0 atom stereocenters. The molecular formula is C19H20O2. The van der Waals surface area contributed by atoms with Crippen LogP contribution in [0.1, 0.15) is 45.5 Å². The Morgan fingerprint density at radius 3 is 2.52 bits per heavy atom. The molecule has 0 amide bonds. The molecule has 2 heteroatoms. The molecule has 0 saturated heterocycles. The molecule has 0 fully saturated rings. The second-order valence-electron chi connectivity index (χ2n) is 5.72. The molecule has 0 heterocycles. The SMILES string of the molecule is COc1ccc(C)cc1C(=O)c1ccc2c(c1)CCCC2. The largest absolute Gasteiger partial charge is 0.496 e. The highest BCUT2D eigenvalue weighted by atomic mass is 16.5. The molecule has 1 aliphatic rings. The summed E-state index contributed by atoms with van der Waals surface area (Å²) in [6.07, 6.45) is 4.70. The second-order valence-corrected chi connectivity index (χ2v) is 5.72. The molecule has 108 valence electrons. The molecule has 0 unspecified atom stereocenters. The third kappa shape index (κ3) is 2.71. The van der Waals surface area contributed by atoms with E-state index in [-0.39, 0.29) is 5.78 Å². The fourth-order valence-corrected chi connectivity index (χ4v) is 3.03. The van der Waals surface area contributed by atoms with E-state index in [1.54, 1.807) is 7.11 Å². The highest BCUT2D eigenvalue weighted by Crippen LogP contribution is 2.26. The average molecular weight is 280 g/mol. The minimum atomic E-state index is 0.0453. The first-order chi connectivity index (χ1) is 10.2. The summed E-state index contributed by atoms with van der Waals surface area (Å²) in [6.45, 7) is 1.99. The lowest BCUT2D eigenvalue weighted by atomic mass is 9.89. The molecule has 0 bridgehead atoms. The topological polar surface area (TPSA) is 26.3 Å². The van der Waals surface area contributed by atoms with Crippen molar-refractivity contribution in [2.75, 3.05) is 7.11 Å². The molecule has 0 N–H and O–H groups in total. The summed E-state index contributed by atoms with van der Waals surface area (Å²) in [5.41, 5.74) is 5.21. The summed E-state index contributed by atoms with van der Waals surface area (Å²) in [5, 5.41) is 0. The highest BCUT2D eigenvalue weighted by Gasteiger charge is 2.17. The average Bonchev–Trinajstić information content (AvgIpc) is 2.53. The van der Waals surface area contributed by atoms with Crippen molar-refractivity contribution >= 4 is 5.78 Å². The molecule has 2 aromatic carbocycles. The molecule has 0 spiro atoms. The van der Waals surface area contributed by atoms with Crippen molar-refractivity contribution in [1.82, 2.24) is 0 Å². The van der Waals surface area contributed by atoms with Gasteiger partial charge in [0.15, 0.2) is 5.78 Å². The lowest BCUT2D eigenvalue weighted by Crippen LogP contribution is -2.08. The Bertz CT molecular complexity index is 686. The zero-order valence-electron chi connectivity index (χ0n) is 12.6. The van der Waals surface area contributed by atoms with Gasteiger partial charge in [0.2, 0.25) is 0 Å². The van der Waals surface area contributed by atoms with Crippen molar-refractivity contribution in [1.29, 1.82) is 0 Å². The third-order valence-electron chi connectivity index (χ3n) is 4.21. The van der Waals surface area contributed by atoms with Crippen LogP contribution in [0.2, 0.25) is 0 Å². The van der Waals surface area contributed by atoms with Crippen molar-refractivity contribution < 1.29 is 9.53 Å². The number of ether oxygens (including phenoxy) is 1. The van der Waals surface area contributed by atoms with Gasteiger partial charge in [0.25, 0.3) is 0 Å². The maximum atomic E-state index is 12.8. The third-order valence-corrected chi connectivity index (χ3v) is 4.21. The van der Waals surface area contributed by atoms with E-state index in [1.807, 2.05) is 31.2 Å². The lowest BCUT2D eigenvalue weighted by Gasteiger charge is -2.16. The van der Waals surface area contributed by atoms with E-state index in [1.165, 1.54) is 24.0 Å². The number of ketones is 1. The number of benzene rings is 2. The van der Waals surface area contributed by atoms with E-state index in [2.05, 4.69) is 12.1 Å². The Labute approximate surface area is 125 Å². The molecule has 0 aliphatic heterocycles. The molecular weight excluding hydrogens is 260 g/mol. The van der Waals surface area contributed by atoms with Gasteiger partial charge in [-0.2, -0.15) is 0 Å². The quantitative estimate of drug-likeness (QED) is 0.791. The first kappa shape index (κ1) is 13.9. The van der Waals surface area contributed by atoms with Crippen molar-refractivity contribution in [2.24, 2.45) is 0 Å². The molecule has 1 aliphatic carbocycles. The van der Waals surface area contributed by atoms with E-state index in [9.17, 15) is 4.79 Å². The van der Waals surface area contributed by atoms with Crippen LogP contribution in [0.5, 0.6) is 5.75 Å². The van der Waals surface area contributed by atoms with Crippen LogP contribution in [0.4, 0.5) is 0 Å². The summed E-state index contributed by atoms with van der Waals surface area (Å²) in [6, 6.07) is 11.9. The van der Waals surface area contributed by atoms with E-state index in [0.717, 1.165) is 24.0 Å². The zero-order valence-corrected chi connectivity index (χ0v) is 12.6. The van der Waals surface area contributed by atoms with Crippen LogP contribution >= 0.6 is 0 Å². The number of rotatable bonds is 3. The molecule has 0 aromatic heterocycles. The predicted molar refractivity (Wildman–Crippen MR) is 84.2 cm³/mol. The van der Waals surface area contributed by atoms with E-state index >= 15 is 0 Å². The first-order valence-electron chi connectivity index (χ1n) is 7.50. The fourth-order valence-electron chi connectivity index (χ4n) is 3.03. The normalized spacial score (nSPS) is 13.6. The monoisotopic (exact) mass is 280 g/mol. The van der Waals surface area contributed by atoms with Crippen LogP contribution in [0, 0.1) is 6.92 Å². The first-order valence-corrected chi connectivity index (χ1v) is 7.50. The number of hydrogen-bond acceptors (Lipinski definition) is 2. The molecule has 2 aromatic rings. The standard InChI is InChI=1S/C19H20O2/c1-13-7-10-18(21-2)17(11-13)19(20)16-9-8-14-5-3-4-6-15(14)12-16/h7-12H,3-6H2,1-2H3. The minimum Gasteiger partial charge on any atom is -0.496 e. The van der Waals surface area contributed by atoms with E-state index in [0.29, 0.717) is 11.3 Å². The summed E-state index contributed by atoms with van der Waals surface area (Å²) >= 11 is 0. The van der Waals surface area contributed by atoms with Gasteiger partial charge in [0.1, 0.15) is 5.75 Å². The Hall–Kier alpha value is -2.09. The minimum absolute atomic E-state index is 0.0453. The van der Waals surface area contributed by atoms with Crippen molar-refractivity contribution in [2.45, 2.75) is 32.6 Å². The number of hydrogen-bond donors (Lipinski definition) is 0. The van der Waals surface area contributed by atoms with Crippen molar-refractivity contribution in [3.05, 3.63) is 64.2 Å². The van der Waals surface area contributed by atoms with Crippen LogP contribution in [0.3, 0.4) is 0 Å². The van der Waals surface area contributed by atoms with Crippen molar-refractivity contribution in [3.63, 3.8) is 0 Å². The van der Waals surface area contributed by atoms with Gasteiger partial charge in [0.05, 0.1) is 12.7 Å². The van der Waals surface area contributed by atoms with Gasteiger partial charge in [-0.1, -0.05) is 23.8 Å². The summed E-state index contributed by atoms with van der Waals surface area (Å²) in [5.74, 6) is 0.687. The Morgan fingerprint density at radius 2 is 1.76 bits per heavy atom. The van der Waals surface area contributed by atoms with Gasteiger partial charge in [0, 0.05) is 5.56 Å². The molecule has 3 rings (SSSR count). The van der Waals surface area contributed by atoms with Gasteiger partial charge in [-0.05, 0) is 61.9 Å². The smallest absolute Gasteiger partial charge is 0.196 e. The number of carbonyl (C=O) groups is 1. The molecule has 0 radical (unpaired) electrons. The highest BCUT2D eigenvalue weighted by molar-refractivity contribution is 6.11. The molecule has 2 nitrogen and oxygen atoms in total. The number of methoxy groups -OCH3 is 1. The van der Waals surface area contributed by atoms with E-state index in [4.69, 9.17) is 4.74 Å². The summed E-state index contributed by atoms with van der Waals surface area (Å²) < 4.78 is 5.33. The van der Waals surface area contributed by atoms with E-state index < -0.39 is 0 Å².